The van der Waals surface area contributed by atoms with E-state index in [2.05, 4.69) is 13.2 Å². The van der Waals surface area contributed by atoms with Crippen LogP contribution in [0.3, 0.4) is 0 Å². The molecule has 9 nitrogen and oxygen atoms in total. The molecular formula is C29H42O9. The third kappa shape index (κ3) is 5.20. The molecule has 0 aromatic carbocycles. The van der Waals surface area contributed by atoms with Crippen molar-refractivity contribution >= 4 is 17.9 Å². The number of aliphatic hydroxyl groups is 2. The van der Waals surface area contributed by atoms with E-state index in [0.717, 1.165) is 0 Å². The van der Waals surface area contributed by atoms with Crippen LogP contribution in [0.1, 0.15) is 67.2 Å². The van der Waals surface area contributed by atoms with Crippen molar-refractivity contribution in [2.45, 2.75) is 98.1 Å². The molecule has 9 heteroatoms. The molecule has 1 aliphatic heterocycles. The number of carbonyl (C=O) groups is 3. The van der Waals surface area contributed by atoms with E-state index in [-0.39, 0.29) is 30.6 Å². The fourth-order valence-electron chi connectivity index (χ4n) is 6.52. The maximum atomic E-state index is 12.8. The van der Waals surface area contributed by atoms with Crippen LogP contribution in [0, 0.1) is 28.6 Å². The number of rotatable bonds is 9. The second-order valence-corrected chi connectivity index (χ2v) is 11.3. The summed E-state index contributed by atoms with van der Waals surface area (Å²) in [6.07, 6.45) is -0.516. The number of carbonyl (C=O) groups excluding carboxylic acids is 3. The highest BCUT2D eigenvalue weighted by Crippen LogP contribution is 2.67. The standard InChI is InChI=1S/C29H42O9/c1-9-15(3)22(32)14-28(8)17(5)11-24(33)29-21(26(35-18(6)30)38-27(29)36-19(7)31)12-20(13-23(28)29)37-25(34)16(4)10-2/h9,12,16-17,20,22-24,26-27,32-33H,1,3,10-11,13-14H2,2,4-8H3/t16?,17-,20+,22+,23+,24?,26+,27-,28-,29?/m0/s1. The van der Waals surface area contributed by atoms with Crippen LogP contribution in [0.4, 0.5) is 0 Å². The number of esters is 3. The lowest BCUT2D eigenvalue weighted by atomic mass is 9.44. The Morgan fingerprint density at radius 2 is 1.84 bits per heavy atom. The lowest BCUT2D eigenvalue weighted by Crippen LogP contribution is -2.63. The highest BCUT2D eigenvalue weighted by atomic mass is 16.8. The maximum absolute atomic E-state index is 12.8. The Balaban J connectivity index is 2.22. The van der Waals surface area contributed by atoms with E-state index in [1.807, 2.05) is 20.8 Å². The van der Waals surface area contributed by atoms with Crippen molar-refractivity contribution in [1.82, 2.24) is 0 Å². The first-order valence-corrected chi connectivity index (χ1v) is 13.3. The van der Waals surface area contributed by atoms with Gasteiger partial charge in [0.2, 0.25) is 12.6 Å². The van der Waals surface area contributed by atoms with Gasteiger partial charge in [0, 0.05) is 19.4 Å². The van der Waals surface area contributed by atoms with Gasteiger partial charge in [0.25, 0.3) is 0 Å². The van der Waals surface area contributed by atoms with Gasteiger partial charge < -0.3 is 24.4 Å². The van der Waals surface area contributed by atoms with E-state index in [1.54, 1.807) is 13.0 Å². The minimum atomic E-state index is -1.29. The molecule has 2 fully saturated rings. The lowest BCUT2D eigenvalue weighted by Gasteiger charge is -2.60. The van der Waals surface area contributed by atoms with Crippen molar-refractivity contribution < 1.29 is 43.5 Å². The number of hydrogen-bond donors (Lipinski definition) is 2. The van der Waals surface area contributed by atoms with E-state index in [4.69, 9.17) is 18.9 Å². The number of aliphatic hydroxyl groups excluding tert-OH is 2. The molecule has 10 atom stereocenters. The summed E-state index contributed by atoms with van der Waals surface area (Å²) >= 11 is 0. The molecule has 1 saturated carbocycles. The van der Waals surface area contributed by atoms with Crippen LogP contribution >= 0.6 is 0 Å². The van der Waals surface area contributed by atoms with Crippen molar-refractivity contribution in [3.63, 3.8) is 0 Å². The van der Waals surface area contributed by atoms with Gasteiger partial charge in [-0.1, -0.05) is 46.9 Å². The molecule has 1 spiro atoms. The Hall–Kier alpha value is -2.49. The average Bonchev–Trinajstić information content (AvgIpc) is 3.13. The maximum Gasteiger partial charge on any atom is 0.309 e. The van der Waals surface area contributed by atoms with E-state index in [1.165, 1.54) is 19.9 Å². The molecule has 3 unspecified atom stereocenters. The molecule has 38 heavy (non-hydrogen) atoms. The topological polar surface area (TPSA) is 129 Å². The Bertz CT molecular complexity index is 1000. The van der Waals surface area contributed by atoms with Gasteiger partial charge in [-0.25, -0.2) is 0 Å². The van der Waals surface area contributed by atoms with Crippen LogP contribution < -0.4 is 0 Å². The third-order valence-corrected chi connectivity index (χ3v) is 9.00. The predicted octanol–water partition coefficient (Wildman–Crippen LogP) is 3.59. The van der Waals surface area contributed by atoms with Gasteiger partial charge in [0.1, 0.15) is 6.10 Å². The molecule has 212 valence electrons. The van der Waals surface area contributed by atoms with E-state index < -0.39 is 59.6 Å². The Morgan fingerprint density at radius 1 is 1.21 bits per heavy atom. The Labute approximate surface area is 224 Å². The minimum Gasteiger partial charge on any atom is -0.458 e. The summed E-state index contributed by atoms with van der Waals surface area (Å²) in [7, 11) is 0. The highest BCUT2D eigenvalue weighted by Gasteiger charge is 2.71. The van der Waals surface area contributed by atoms with Crippen LogP contribution in [-0.4, -0.2) is 59.0 Å². The van der Waals surface area contributed by atoms with Gasteiger partial charge in [0.15, 0.2) is 0 Å². The molecule has 0 amide bonds. The van der Waals surface area contributed by atoms with Crippen LogP contribution in [0.5, 0.6) is 0 Å². The molecule has 1 saturated heterocycles. The van der Waals surface area contributed by atoms with Crippen LogP contribution in [0.15, 0.2) is 36.5 Å². The highest BCUT2D eigenvalue weighted by molar-refractivity contribution is 5.72. The van der Waals surface area contributed by atoms with Crippen LogP contribution in [0.25, 0.3) is 0 Å². The van der Waals surface area contributed by atoms with Gasteiger partial charge in [-0.3, -0.25) is 19.1 Å². The average molecular weight is 535 g/mol. The number of ether oxygens (including phenoxy) is 4. The van der Waals surface area contributed by atoms with Crippen LogP contribution in [-0.2, 0) is 33.3 Å². The zero-order valence-corrected chi connectivity index (χ0v) is 23.3. The van der Waals surface area contributed by atoms with Crippen molar-refractivity contribution in [3.05, 3.63) is 36.5 Å². The zero-order chi connectivity index (χ0) is 28.6. The summed E-state index contributed by atoms with van der Waals surface area (Å²) in [6.45, 7) is 17.8. The smallest absolute Gasteiger partial charge is 0.309 e. The van der Waals surface area contributed by atoms with Gasteiger partial charge >= 0.3 is 17.9 Å². The largest absolute Gasteiger partial charge is 0.458 e. The zero-order valence-electron chi connectivity index (χ0n) is 23.3. The SMILES string of the molecule is C=CC(=C)[C@H](O)C[C@@]1(C)[C@@H](C)CC(O)C23C(=C[C@@H](OC(=O)C(C)CC)C[C@@H]21)[C@H](OC(C)=O)O[C@@H]3OC(C)=O. The second-order valence-electron chi connectivity index (χ2n) is 11.3. The van der Waals surface area contributed by atoms with Gasteiger partial charge in [-0.05, 0) is 54.6 Å². The molecule has 0 radical (unpaired) electrons. The van der Waals surface area contributed by atoms with Crippen molar-refractivity contribution in [3.8, 4) is 0 Å². The fraction of sp³-hybridized carbons (Fsp3) is 0.690. The lowest BCUT2D eigenvalue weighted by molar-refractivity contribution is -0.256. The summed E-state index contributed by atoms with van der Waals surface area (Å²) in [5.74, 6) is -2.53. The molecular weight excluding hydrogens is 492 g/mol. The molecule has 3 aliphatic rings. The number of hydrogen-bond acceptors (Lipinski definition) is 9. The first-order chi connectivity index (χ1) is 17.7. The molecule has 2 N–H and O–H groups in total. The Morgan fingerprint density at radius 3 is 2.39 bits per heavy atom. The van der Waals surface area contributed by atoms with Gasteiger partial charge in [-0.15, -0.1) is 0 Å². The first-order valence-electron chi connectivity index (χ1n) is 13.3. The van der Waals surface area contributed by atoms with E-state index >= 15 is 0 Å². The Kier molecular flexibility index (Phi) is 8.95. The minimum absolute atomic E-state index is 0.101. The van der Waals surface area contributed by atoms with Crippen molar-refractivity contribution in [2.24, 2.45) is 28.6 Å². The molecule has 3 rings (SSSR count). The van der Waals surface area contributed by atoms with E-state index in [9.17, 15) is 24.6 Å². The second kappa shape index (κ2) is 11.3. The quantitative estimate of drug-likeness (QED) is 0.197. The summed E-state index contributed by atoms with van der Waals surface area (Å²) in [5.41, 5.74) is -1.10. The van der Waals surface area contributed by atoms with Crippen LogP contribution in [0.2, 0.25) is 0 Å². The van der Waals surface area contributed by atoms with Crippen molar-refractivity contribution in [1.29, 1.82) is 0 Å². The molecule has 0 aromatic heterocycles. The molecule has 2 aliphatic carbocycles. The van der Waals surface area contributed by atoms with E-state index in [0.29, 0.717) is 24.0 Å². The molecule has 0 bridgehead atoms. The molecule has 0 aromatic rings. The summed E-state index contributed by atoms with van der Waals surface area (Å²) in [5, 5.41) is 22.8. The third-order valence-electron chi connectivity index (χ3n) is 9.00. The molecule has 1 heterocycles. The van der Waals surface area contributed by atoms with Gasteiger partial charge in [0.05, 0.1) is 23.5 Å². The summed E-state index contributed by atoms with van der Waals surface area (Å²) in [4.78, 5) is 37.0. The predicted molar refractivity (Wildman–Crippen MR) is 138 cm³/mol. The summed E-state index contributed by atoms with van der Waals surface area (Å²) < 4.78 is 23.1. The van der Waals surface area contributed by atoms with Gasteiger partial charge in [-0.2, -0.15) is 0 Å². The summed E-state index contributed by atoms with van der Waals surface area (Å²) in [6, 6.07) is 0. The monoisotopic (exact) mass is 534 g/mol. The fourth-order valence-corrected chi connectivity index (χ4v) is 6.52. The normalized spacial score (nSPS) is 37.5. The first kappa shape index (κ1) is 30.1. The van der Waals surface area contributed by atoms with Crippen molar-refractivity contribution in [2.75, 3.05) is 0 Å².